The number of H-pyrrole nitrogens is 1. The topological polar surface area (TPSA) is 63.0 Å². The highest BCUT2D eigenvalue weighted by atomic mass is 19.4. The number of aromatic nitrogens is 3. The average Bonchev–Trinajstić information content (AvgIpc) is 3.37. The van der Waals surface area contributed by atoms with Gasteiger partial charge in [-0.05, 0) is 42.7 Å². The van der Waals surface area contributed by atoms with Gasteiger partial charge < -0.3 is 9.88 Å². The second-order valence-electron chi connectivity index (χ2n) is 8.73. The number of halogens is 4. The molecule has 3 heterocycles. The van der Waals surface area contributed by atoms with Gasteiger partial charge in [-0.3, -0.25) is 13.9 Å². The molecule has 1 atom stereocenters. The number of nitrogens with one attached hydrogen (secondary N) is 1. The van der Waals surface area contributed by atoms with Crippen LogP contribution in [0.2, 0.25) is 0 Å². The quantitative estimate of drug-likeness (QED) is 0.434. The molecule has 1 aliphatic rings. The second-order valence-corrected chi connectivity index (χ2v) is 8.73. The Morgan fingerprint density at radius 3 is 2.57 bits per heavy atom. The summed E-state index contributed by atoms with van der Waals surface area (Å²) in [6.45, 7) is 2.22. The highest BCUT2D eigenvalue weighted by Gasteiger charge is 2.34. The molecule has 1 saturated heterocycles. The number of hydrogen-bond acceptors (Lipinski definition) is 3. The van der Waals surface area contributed by atoms with E-state index < -0.39 is 29.5 Å². The fraction of sp³-hybridized carbons (Fsp3) is 0.280. The van der Waals surface area contributed by atoms with Gasteiger partial charge in [-0.1, -0.05) is 30.3 Å². The molecule has 6 nitrogen and oxygen atoms in total. The minimum atomic E-state index is -4.60. The summed E-state index contributed by atoms with van der Waals surface area (Å²) < 4.78 is 57.8. The monoisotopic (exact) mass is 486 g/mol. The molecule has 1 N–H and O–H groups in total. The molecule has 0 aliphatic carbocycles. The van der Waals surface area contributed by atoms with Gasteiger partial charge in [-0.15, -0.1) is 0 Å². The third-order valence-electron chi connectivity index (χ3n) is 6.56. The van der Waals surface area contributed by atoms with Gasteiger partial charge >= 0.3 is 11.9 Å². The van der Waals surface area contributed by atoms with Gasteiger partial charge in [0.2, 0.25) is 0 Å². The number of rotatable bonds is 4. The van der Waals surface area contributed by atoms with Gasteiger partial charge in [-0.25, -0.2) is 9.18 Å². The first-order valence-electron chi connectivity index (χ1n) is 11.1. The lowest BCUT2D eigenvalue weighted by atomic mass is 10.1. The Labute approximate surface area is 197 Å². The Hall–Kier alpha value is -3.82. The van der Waals surface area contributed by atoms with Gasteiger partial charge in [0.1, 0.15) is 11.3 Å². The van der Waals surface area contributed by atoms with E-state index >= 15 is 0 Å². The predicted molar refractivity (Wildman–Crippen MR) is 124 cm³/mol. The van der Waals surface area contributed by atoms with Crippen LogP contribution in [0.15, 0.2) is 64.3 Å². The maximum absolute atomic E-state index is 14.5. The van der Waals surface area contributed by atoms with E-state index in [1.807, 2.05) is 4.90 Å². The number of para-hydroxylation sites is 1. The maximum Gasteiger partial charge on any atom is 0.416 e. The van der Waals surface area contributed by atoms with Crippen molar-refractivity contribution >= 4 is 16.7 Å². The van der Waals surface area contributed by atoms with Crippen molar-refractivity contribution in [1.82, 2.24) is 14.1 Å². The number of aryl methyl sites for hydroxylation is 1. The van der Waals surface area contributed by atoms with Gasteiger partial charge in [0, 0.05) is 19.3 Å². The Bertz CT molecular complexity index is 1510. The van der Waals surface area contributed by atoms with Crippen LogP contribution in [0.5, 0.6) is 0 Å². The van der Waals surface area contributed by atoms with Crippen molar-refractivity contribution in [3.63, 3.8) is 0 Å². The zero-order chi connectivity index (χ0) is 24.9. The molecule has 0 amide bonds. The summed E-state index contributed by atoms with van der Waals surface area (Å²) in [5.74, 6) is -0.361. The van der Waals surface area contributed by atoms with Crippen molar-refractivity contribution in [1.29, 1.82) is 0 Å². The van der Waals surface area contributed by atoms with Crippen LogP contribution in [-0.4, -0.2) is 27.2 Å². The first kappa shape index (κ1) is 22.9. The van der Waals surface area contributed by atoms with Crippen LogP contribution in [0.3, 0.4) is 0 Å². The van der Waals surface area contributed by atoms with Crippen LogP contribution in [0.4, 0.5) is 23.2 Å². The number of benzene rings is 2. The second kappa shape index (κ2) is 8.44. The van der Waals surface area contributed by atoms with Crippen LogP contribution in [0.25, 0.3) is 11.0 Å². The molecule has 10 heteroatoms. The van der Waals surface area contributed by atoms with Gasteiger partial charge in [0.15, 0.2) is 0 Å². The number of anilines is 1. The highest BCUT2D eigenvalue weighted by molar-refractivity contribution is 5.75. The summed E-state index contributed by atoms with van der Waals surface area (Å²) >= 11 is 0. The molecule has 0 unspecified atom stereocenters. The predicted octanol–water partition coefficient (Wildman–Crippen LogP) is 4.46. The summed E-state index contributed by atoms with van der Waals surface area (Å²) in [7, 11) is 0. The van der Waals surface area contributed by atoms with Gasteiger partial charge in [0.05, 0.1) is 29.4 Å². The number of alkyl halides is 3. The zero-order valence-electron chi connectivity index (χ0n) is 18.8. The lowest BCUT2D eigenvalue weighted by Gasteiger charge is -2.21. The van der Waals surface area contributed by atoms with Crippen LogP contribution >= 0.6 is 0 Å². The molecule has 0 radical (unpaired) electrons. The fourth-order valence-electron chi connectivity index (χ4n) is 5.03. The SMILES string of the molecule is Cc1cccc(F)c1N1CC[C@@H](n2c(=O)n(Cc3ccccc3C(F)(F)F)c3c(=O)[nH]ccc32)C1. The third kappa shape index (κ3) is 3.92. The molecule has 2 aromatic carbocycles. The Morgan fingerprint density at radius 1 is 1.06 bits per heavy atom. The van der Waals surface area contributed by atoms with Crippen LogP contribution in [0, 0.1) is 12.7 Å². The first-order chi connectivity index (χ1) is 16.7. The molecule has 5 rings (SSSR count). The number of fused-ring (bicyclic) bond motifs is 1. The number of hydrogen-bond donors (Lipinski definition) is 1. The number of aromatic amines is 1. The maximum atomic E-state index is 14.5. The summed E-state index contributed by atoms with van der Waals surface area (Å²) in [5, 5.41) is 0. The minimum absolute atomic E-state index is 0.00926. The molecule has 0 spiro atoms. The summed E-state index contributed by atoms with van der Waals surface area (Å²) in [6, 6.07) is 11.0. The summed E-state index contributed by atoms with van der Waals surface area (Å²) in [5.41, 5.74) is -0.546. The lowest BCUT2D eigenvalue weighted by Crippen LogP contribution is -2.30. The number of imidazole rings is 1. The zero-order valence-corrected chi connectivity index (χ0v) is 18.8. The molecule has 182 valence electrons. The van der Waals surface area contributed by atoms with E-state index in [1.165, 1.54) is 35.0 Å². The van der Waals surface area contributed by atoms with Crippen molar-refractivity contribution in [2.75, 3.05) is 18.0 Å². The standard InChI is InChI=1S/C25H22F4N4O2/c1-15-5-4-8-19(26)21(15)31-12-10-17(14-31)33-20-9-11-30-23(34)22(20)32(24(33)35)13-16-6-2-3-7-18(16)25(27,28)29/h2-9,11,17H,10,12-14H2,1H3,(H,30,34)/t17-/m1/s1. The Balaban J connectivity index is 1.60. The molecular formula is C25H22F4N4O2. The number of nitrogens with zero attached hydrogens (tertiary/aromatic N) is 3. The van der Waals surface area contributed by atoms with Gasteiger partial charge in [-0.2, -0.15) is 13.2 Å². The molecular weight excluding hydrogens is 464 g/mol. The van der Waals surface area contributed by atoms with Crippen LogP contribution in [-0.2, 0) is 12.7 Å². The average molecular weight is 486 g/mol. The molecule has 35 heavy (non-hydrogen) atoms. The van der Waals surface area contributed by atoms with Crippen LogP contribution in [0.1, 0.15) is 29.2 Å². The van der Waals surface area contributed by atoms with Crippen molar-refractivity contribution < 1.29 is 17.6 Å². The van der Waals surface area contributed by atoms with E-state index in [0.717, 1.165) is 16.2 Å². The molecule has 0 saturated carbocycles. The minimum Gasteiger partial charge on any atom is -0.367 e. The van der Waals surface area contributed by atoms with E-state index in [0.29, 0.717) is 30.7 Å². The molecule has 0 bridgehead atoms. The van der Waals surface area contributed by atoms with Crippen molar-refractivity contribution in [2.24, 2.45) is 0 Å². The molecule has 1 fully saturated rings. The highest BCUT2D eigenvalue weighted by Crippen LogP contribution is 2.34. The van der Waals surface area contributed by atoms with Gasteiger partial charge in [0.25, 0.3) is 5.56 Å². The Morgan fingerprint density at radius 2 is 1.83 bits per heavy atom. The number of pyridine rings is 1. The van der Waals surface area contributed by atoms with E-state index in [4.69, 9.17) is 0 Å². The first-order valence-corrected chi connectivity index (χ1v) is 11.1. The largest absolute Gasteiger partial charge is 0.416 e. The Kier molecular flexibility index (Phi) is 5.53. The van der Waals surface area contributed by atoms with E-state index in [1.54, 1.807) is 25.1 Å². The molecule has 2 aromatic heterocycles. The fourth-order valence-corrected chi connectivity index (χ4v) is 5.03. The lowest BCUT2D eigenvalue weighted by molar-refractivity contribution is -0.138. The van der Waals surface area contributed by atoms with Crippen molar-refractivity contribution in [3.8, 4) is 0 Å². The van der Waals surface area contributed by atoms with Crippen molar-refractivity contribution in [2.45, 2.75) is 32.1 Å². The smallest absolute Gasteiger partial charge is 0.367 e. The van der Waals surface area contributed by atoms with Crippen LogP contribution < -0.4 is 16.1 Å². The normalized spacial score (nSPS) is 16.4. The van der Waals surface area contributed by atoms with E-state index in [2.05, 4.69) is 4.98 Å². The summed E-state index contributed by atoms with van der Waals surface area (Å²) in [4.78, 5) is 30.7. The van der Waals surface area contributed by atoms with Crippen molar-refractivity contribution in [3.05, 3.63) is 98.1 Å². The summed E-state index contributed by atoms with van der Waals surface area (Å²) in [6.07, 6.45) is -2.68. The molecule has 1 aliphatic heterocycles. The third-order valence-corrected chi connectivity index (χ3v) is 6.56. The van der Waals surface area contributed by atoms with E-state index in [-0.39, 0.29) is 22.9 Å². The van der Waals surface area contributed by atoms with E-state index in [9.17, 15) is 27.2 Å². The molecule has 4 aromatic rings.